The number of benzene rings is 1. The molecular weight excluding hydrogens is 503 g/mol. The van der Waals surface area contributed by atoms with Crippen LogP contribution in [0.25, 0.3) is 11.0 Å². The first-order valence-electron chi connectivity index (χ1n) is 12.7. The molecule has 6 N–H and O–H groups in total. The van der Waals surface area contributed by atoms with E-state index in [4.69, 9.17) is 16.2 Å². The molecule has 0 saturated heterocycles. The Kier molecular flexibility index (Phi) is 7.64. The van der Waals surface area contributed by atoms with Gasteiger partial charge in [0.15, 0.2) is 11.6 Å². The smallest absolute Gasteiger partial charge is 0.252 e. The minimum atomic E-state index is -0.815. The van der Waals surface area contributed by atoms with Gasteiger partial charge < -0.3 is 31.4 Å². The Labute approximate surface area is 223 Å². The second kappa shape index (κ2) is 11.4. The van der Waals surface area contributed by atoms with Gasteiger partial charge in [-0.25, -0.2) is 19.3 Å². The van der Waals surface area contributed by atoms with Crippen LogP contribution in [0.5, 0.6) is 5.88 Å². The number of nitrogens with one attached hydrogen (secondary N) is 2. The van der Waals surface area contributed by atoms with Crippen LogP contribution in [0.2, 0.25) is 0 Å². The molecule has 3 aromatic heterocycles. The van der Waals surface area contributed by atoms with Gasteiger partial charge in [0.05, 0.1) is 29.3 Å². The summed E-state index contributed by atoms with van der Waals surface area (Å²) in [6.45, 7) is 0.622. The van der Waals surface area contributed by atoms with Crippen LogP contribution in [0.3, 0.4) is 0 Å². The highest BCUT2D eigenvalue weighted by molar-refractivity contribution is 5.98. The Morgan fingerprint density at radius 1 is 1.10 bits per heavy atom. The van der Waals surface area contributed by atoms with E-state index in [0.29, 0.717) is 29.1 Å². The molecule has 1 aliphatic rings. The van der Waals surface area contributed by atoms with Crippen molar-refractivity contribution in [3.05, 3.63) is 76.6 Å². The zero-order chi connectivity index (χ0) is 27.4. The van der Waals surface area contributed by atoms with Gasteiger partial charge in [0.1, 0.15) is 12.4 Å². The summed E-state index contributed by atoms with van der Waals surface area (Å²) in [5.41, 5.74) is 13.2. The van der Waals surface area contributed by atoms with E-state index < -0.39 is 11.7 Å². The second-order valence-electron chi connectivity index (χ2n) is 9.40. The predicted molar refractivity (Wildman–Crippen MR) is 146 cm³/mol. The van der Waals surface area contributed by atoms with Crippen molar-refractivity contribution in [1.29, 1.82) is 0 Å². The summed E-state index contributed by atoms with van der Waals surface area (Å²) >= 11 is 0. The van der Waals surface area contributed by atoms with Crippen molar-refractivity contribution in [1.82, 2.24) is 19.5 Å². The summed E-state index contributed by atoms with van der Waals surface area (Å²) in [6, 6.07) is 11.0. The van der Waals surface area contributed by atoms with Crippen LogP contribution in [0.1, 0.15) is 36.0 Å². The molecule has 1 saturated carbocycles. The average molecular weight is 533 g/mol. The van der Waals surface area contributed by atoms with E-state index in [2.05, 4.69) is 25.6 Å². The Bertz CT molecular complexity index is 1560. The lowest BCUT2D eigenvalue weighted by atomic mass is 9.91. The third-order valence-electron chi connectivity index (χ3n) is 6.65. The molecule has 0 bridgehead atoms. The zero-order valence-corrected chi connectivity index (χ0v) is 21.1. The number of ether oxygens (including phenoxy) is 1. The number of hydrogen-bond acceptors (Lipinski definition) is 9. The fourth-order valence-electron chi connectivity index (χ4n) is 4.56. The summed E-state index contributed by atoms with van der Waals surface area (Å²) in [4.78, 5) is 37.1. The Hall–Kier alpha value is -4.58. The van der Waals surface area contributed by atoms with E-state index in [1.165, 1.54) is 12.3 Å². The first-order chi connectivity index (χ1) is 18.9. The summed E-state index contributed by atoms with van der Waals surface area (Å²) in [5.74, 6) is -1.06. The minimum Gasteiger partial charge on any atom is -0.475 e. The van der Waals surface area contributed by atoms with Crippen LogP contribution >= 0.6 is 0 Å². The molecule has 1 aliphatic carbocycles. The van der Waals surface area contributed by atoms with Crippen molar-refractivity contribution in [2.24, 2.45) is 11.5 Å². The highest BCUT2D eigenvalue weighted by atomic mass is 19.1. The molecule has 4 aromatic rings. The number of nitrogens with zero attached hydrogens (tertiary/aromatic N) is 4. The molecule has 0 radical (unpaired) electrons. The van der Waals surface area contributed by atoms with E-state index in [1.807, 2.05) is 0 Å². The van der Waals surface area contributed by atoms with E-state index in [9.17, 15) is 14.0 Å². The first-order valence-corrected chi connectivity index (χ1v) is 12.7. The van der Waals surface area contributed by atoms with Crippen molar-refractivity contribution < 1.29 is 13.9 Å². The molecule has 39 heavy (non-hydrogen) atoms. The van der Waals surface area contributed by atoms with Crippen LogP contribution in [0.4, 0.5) is 21.7 Å². The molecule has 202 valence electrons. The zero-order valence-electron chi connectivity index (χ0n) is 21.1. The third kappa shape index (κ3) is 6.12. The van der Waals surface area contributed by atoms with Gasteiger partial charge in [0, 0.05) is 30.0 Å². The first kappa shape index (κ1) is 26.0. The highest BCUT2D eigenvalue weighted by Crippen LogP contribution is 2.28. The molecular formula is C27H29FN8O3. The van der Waals surface area contributed by atoms with Crippen molar-refractivity contribution in [2.45, 2.75) is 44.3 Å². The predicted octanol–water partition coefficient (Wildman–Crippen LogP) is 2.93. The van der Waals surface area contributed by atoms with Crippen LogP contribution < -0.4 is 32.4 Å². The van der Waals surface area contributed by atoms with Gasteiger partial charge in [-0.15, -0.1) is 0 Å². The van der Waals surface area contributed by atoms with Crippen LogP contribution in [-0.2, 0) is 6.54 Å². The molecule has 0 spiro atoms. The van der Waals surface area contributed by atoms with Gasteiger partial charge >= 0.3 is 0 Å². The number of pyridine rings is 2. The molecule has 1 aromatic carbocycles. The number of carbonyl (C=O) groups excluding carboxylic acids is 1. The van der Waals surface area contributed by atoms with Crippen molar-refractivity contribution in [3.63, 3.8) is 0 Å². The van der Waals surface area contributed by atoms with E-state index in [-0.39, 0.29) is 41.4 Å². The van der Waals surface area contributed by atoms with Crippen molar-refractivity contribution >= 4 is 34.3 Å². The minimum absolute atomic E-state index is 0.00462. The number of anilines is 3. The normalized spacial score (nSPS) is 17.1. The molecule has 2 atom stereocenters. The molecule has 0 aliphatic heterocycles. The van der Waals surface area contributed by atoms with Crippen LogP contribution in [0.15, 0.2) is 59.7 Å². The number of nitrogens with two attached hydrogens (primary N) is 2. The largest absolute Gasteiger partial charge is 0.475 e. The Balaban J connectivity index is 1.32. The lowest BCUT2D eigenvalue weighted by molar-refractivity contribution is 0.100. The fourth-order valence-corrected chi connectivity index (χ4v) is 4.56. The van der Waals surface area contributed by atoms with E-state index in [0.717, 1.165) is 31.7 Å². The SMILES string of the molecule is NC(=O)c1cc(F)c(N[C@@H]2CCCC[C@@H]2N)nc1Nc1ccc2nc(OCCn3ccccc3=O)cnc2c1. The molecule has 3 heterocycles. The van der Waals surface area contributed by atoms with Crippen molar-refractivity contribution in [2.75, 3.05) is 17.2 Å². The molecule has 1 fully saturated rings. The van der Waals surface area contributed by atoms with Gasteiger partial charge in [0.2, 0.25) is 5.88 Å². The lowest BCUT2D eigenvalue weighted by Crippen LogP contribution is -2.43. The van der Waals surface area contributed by atoms with E-state index >= 15 is 0 Å². The van der Waals surface area contributed by atoms with Gasteiger partial charge in [-0.2, -0.15) is 0 Å². The number of hydrogen-bond donors (Lipinski definition) is 4. The van der Waals surface area contributed by atoms with Crippen molar-refractivity contribution in [3.8, 4) is 5.88 Å². The highest BCUT2D eigenvalue weighted by Gasteiger charge is 2.24. The van der Waals surface area contributed by atoms with Gasteiger partial charge in [-0.05, 0) is 43.2 Å². The summed E-state index contributed by atoms with van der Waals surface area (Å²) in [5, 5.41) is 6.15. The van der Waals surface area contributed by atoms with E-state index in [1.54, 1.807) is 41.1 Å². The number of primary amides is 1. The number of rotatable bonds is 9. The van der Waals surface area contributed by atoms with Gasteiger partial charge in [0.25, 0.3) is 11.5 Å². The van der Waals surface area contributed by atoms with Gasteiger partial charge in [-0.1, -0.05) is 18.9 Å². The monoisotopic (exact) mass is 532 g/mol. The number of aromatic nitrogens is 4. The van der Waals surface area contributed by atoms with Gasteiger partial charge in [-0.3, -0.25) is 9.59 Å². The fraction of sp³-hybridized carbons (Fsp3) is 0.296. The summed E-state index contributed by atoms with van der Waals surface area (Å²) in [6.07, 6.45) is 6.87. The van der Waals surface area contributed by atoms with Crippen LogP contribution in [-0.4, -0.2) is 44.1 Å². The number of carbonyl (C=O) groups is 1. The number of halogens is 1. The maximum atomic E-state index is 14.8. The topological polar surface area (TPSA) is 163 Å². The standard InChI is InChI=1S/C27H29FN8O3/c28-18-14-17(25(30)38)26(35-27(18)34-20-6-2-1-5-19(20)29)32-16-8-9-21-22(13-16)31-15-23(33-21)39-12-11-36-10-4-3-7-24(36)37/h3-4,7-10,13-15,19-20H,1-2,5-6,11-12,29H2,(H2,30,38)(H2,32,34,35)/t19-,20+/m0/s1. The molecule has 1 amide bonds. The third-order valence-corrected chi connectivity index (χ3v) is 6.65. The second-order valence-corrected chi connectivity index (χ2v) is 9.40. The molecule has 12 heteroatoms. The molecule has 11 nitrogen and oxygen atoms in total. The maximum Gasteiger partial charge on any atom is 0.252 e. The Morgan fingerprint density at radius 2 is 1.95 bits per heavy atom. The lowest BCUT2D eigenvalue weighted by Gasteiger charge is -2.30. The summed E-state index contributed by atoms with van der Waals surface area (Å²) in [7, 11) is 0. The summed E-state index contributed by atoms with van der Waals surface area (Å²) < 4.78 is 22.0. The molecule has 5 rings (SSSR count). The maximum absolute atomic E-state index is 14.8. The number of fused-ring (bicyclic) bond motifs is 1. The Morgan fingerprint density at radius 3 is 2.74 bits per heavy atom. The molecule has 0 unspecified atom stereocenters. The average Bonchev–Trinajstić information content (AvgIpc) is 2.92. The quantitative estimate of drug-likeness (QED) is 0.254. The van der Waals surface area contributed by atoms with Crippen LogP contribution in [0, 0.1) is 5.82 Å². The number of amides is 1.